The number of rotatable bonds is 4. The van der Waals surface area contributed by atoms with E-state index in [-0.39, 0.29) is 17.6 Å². The minimum Gasteiger partial charge on any atom is -0.323 e. The van der Waals surface area contributed by atoms with Gasteiger partial charge in [0, 0.05) is 12.2 Å². The maximum atomic E-state index is 11.6. The Morgan fingerprint density at radius 2 is 1.93 bits per heavy atom. The van der Waals surface area contributed by atoms with Gasteiger partial charge in [-0.3, -0.25) is 9.78 Å². The highest BCUT2D eigenvalue weighted by Crippen LogP contribution is 2.10. The molecular formula is C10H18N4O. The van der Waals surface area contributed by atoms with E-state index >= 15 is 0 Å². The molecule has 5 N–H and O–H groups in total. The molecule has 0 amide bonds. The molecule has 0 radical (unpaired) electrons. The largest absolute Gasteiger partial charge is 0.323 e. The number of nitrogens with two attached hydrogens (primary N) is 2. The zero-order valence-electron chi connectivity index (χ0n) is 9.16. The first-order valence-corrected chi connectivity index (χ1v) is 5.20. The second kappa shape index (κ2) is 5.04. The Morgan fingerprint density at radius 1 is 1.33 bits per heavy atom. The summed E-state index contributed by atoms with van der Waals surface area (Å²) in [5.41, 5.74) is 12.3. The van der Waals surface area contributed by atoms with Crippen molar-refractivity contribution < 1.29 is 0 Å². The Morgan fingerprint density at radius 3 is 2.40 bits per heavy atom. The summed E-state index contributed by atoms with van der Waals surface area (Å²) < 4.78 is 0. The van der Waals surface area contributed by atoms with E-state index in [1.807, 2.05) is 13.8 Å². The standard InChI is InChI=1S/C10H18N4O/c1-3-6(11)8-5-13-9(7(12)4-2)10(15)14-8/h5-7H,3-4,11-12H2,1-2H3,(H,14,15). The van der Waals surface area contributed by atoms with Gasteiger partial charge in [0.25, 0.3) is 5.56 Å². The van der Waals surface area contributed by atoms with Crippen molar-refractivity contribution in [2.75, 3.05) is 0 Å². The maximum absolute atomic E-state index is 11.6. The monoisotopic (exact) mass is 210 g/mol. The third kappa shape index (κ3) is 2.64. The Balaban J connectivity index is 3.03. The second-order valence-corrected chi connectivity index (χ2v) is 3.58. The molecule has 0 aliphatic carbocycles. The zero-order chi connectivity index (χ0) is 11.4. The molecule has 0 aliphatic rings. The first-order chi connectivity index (χ1) is 7.10. The lowest BCUT2D eigenvalue weighted by Crippen LogP contribution is -2.26. The lowest BCUT2D eigenvalue weighted by Gasteiger charge is -2.11. The number of aromatic amines is 1. The zero-order valence-corrected chi connectivity index (χ0v) is 9.16. The van der Waals surface area contributed by atoms with Crippen molar-refractivity contribution in [2.24, 2.45) is 11.5 Å². The maximum Gasteiger partial charge on any atom is 0.271 e. The topological polar surface area (TPSA) is 97.8 Å². The van der Waals surface area contributed by atoms with E-state index in [1.54, 1.807) is 6.20 Å². The molecule has 1 aromatic heterocycles. The van der Waals surface area contributed by atoms with E-state index in [1.165, 1.54) is 0 Å². The van der Waals surface area contributed by atoms with Crippen molar-refractivity contribution in [3.05, 3.63) is 27.9 Å². The highest BCUT2D eigenvalue weighted by Gasteiger charge is 2.12. The summed E-state index contributed by atoms with van der Waals surface area (Å²) >= 11 is 0. The van der Waals surface area contributed by atoms with Crippen molar-refractivity contribution in [3.63, 3.8) is 0 Å². The van der Waals surface area contributed by atoms with Crippen LogP contribution >= 0.6 is 0 Å². The van der Waals surface area contributed by atoms with Gasteiger partial charge in [-0.1, -0.05) is 13.8 Å². The second-order valence-electron chi connectivity index (χ2n) is 3.58. The van der Waals surface area contributed by atoms with Crippen LogP contribution in [0.1, 0.15) is 50.2 Å². The van der Waals surface area contributed by atoms with Crippen molar-refractivity contribution in [1.29, 1.82) is 0 Å². The van der Waals surface area contributed by atoms with Crippen LogP contribution in [0.4, 0.5) is 0 Å². The first-order valence-electron chi connectivity index (χ1n) is 5.20. The Hall–Kier alpha value is -1.20. The van der Waals surface area contributed by atoms with Gasteiger partial charge in [-0.15, -0.1) is 0 Å². The fourth-order valence-electron chi connectivity index (χ4n) is 1.29. The fourth-order valence-corrected chi connectivity index (χ4v) is 1.29. The lowest BCUT2D eigenvalue weighted by atomic mass is 10.1. The van der Waals surface area contributed by atoms with Crippen molar-refractivity contribution in [1.82, 2.24) is 9.97 Å². The van der Waals surface area contributed by atoms with E-state index in [2.05, 4.69) is 9.97 Å². The minimum atomic E-state index is -0.305. The summed E-state index contributed by atoms with van der Waals surface area (Å²) in [6.45, 7) is 3.87. The molecule has 0 fully saturated rings. The predicted octanol–water partition coefficient (Wildman–Crippen LogP) is 0.590. The smallest absolute Gasteiger partial charge is 0.271 e. The van der Waals surface area contributed by atoms with Crippen LogP contribution in [0.3, 0.4) is 0 Å². The van der Waals surface area contributed by atoms with Crippen LogP contribution in [0.5, 0.6) is 0 Å². The van der Waals surface area contributed by atoms with Gasteiger partial charge in [0.2, 0.25) is 0 Å². The van der Waals surface area contributed by atoms with Gasteiger partial charge in [-0.05, 0) is 12.8 Å². The average molecular weight is 210 g/mol. The molecule has 15 heavy (non-hydrogen) atoms. The minimum absolute atomic E-state index is 0.169. The van der Waals surface area contributed by atoms with Gasteiger partial charge in [-0.25, -0.2) is 0 Å². The molecule has 0 aliphatic heterocycles. The molecular weight excluding hydrogens is 192 g/mol. The molecule has 1 aromatic rings. The molecule has 0 saturated carbocycles. The predicted molar refractivity (Wildman–Crippen MR) is 59.3 cm³/mol. The molecule has 1 heterocycles. The van der Waals surface area contributed by atoms with E-state index in [4.69, 9.17) is 11.5 Å². The van der Waals surface area contributed by atoms with Crippen LogP contribution in [0, 0.1) is 0 Å². The molecule has 0 bridgehead atoms. The van der Waals surface area contributed by atoms with Gasteiger partial charge in [0.1, 0.15) is 5.69 Å². The number of hydrogen-bond donors (Lipinski definition) is 3. The van der Waals surface area contributed by atoms with E-state index in [0.29, 0.717) is 17.8 Å². The van der Waals surface area contributed by atoms with Gasteiger partial charge in [0.15, 0.2) is 0 Å². The van der Waals surface area contributed by atoms with Crippen LogP contribution in [0.15, 0.2) is 11.0 Å². The Bertz CT molecular complexity index is 374. The molecule has 5 nitrogen and oxygen atoms in total. The fraction of sp³-hybridized carbons (Fsp3) is 0.600. The molecule has 5 heteroatoms. The summed E-state index contributed by atoms with van der Waals surface area (Å²) in [4.78, 5) is 18.4. The highest BCUT2D eigenvalue weighted by atomic mass is 16.1. The molecule has 2 atom stereocenters. The van der Waals surface area contributed by atoms with Crippen LogP contribution in [-0.2, 0) is 0 Å². The van der Waals surface area contributed by atoms with Gasteiger partial charge in [-0.2, -0.15) is 0 Å². The van der Waals surface area contributed by atoms with Crippen LogP contribution in [0.25, 0.3) is 0 Å². The molecule has 2 unspecified atom stereocenters. The van der Waals surface area contributed by atoms with E-state index in [9.17, 15) is 4.79 Å². The third-order valence-corrected chi connectivity index (χ3v) is 2.46. The molecule has 1 rings (SSSR count). The summed E-state index contributed by atoms with van der Waals surface area (Å²) in [6.07, 6.45) is 3.05. The molecule has 0 aromatic carbocycles. The Kier molecular flexibility index (Phi) is 3.99. The molecule has 84 valence electrons. The summed E-state index contributed by atoms with van der Waals surface area (Å²) in [7, 11) is 0. The van der Waals surface area contributed by atoms with Gasteiger partial charge < -0.3 is 16.5 Å². The number of hydrogen-bond acceptors (Lipinski definition) is 4. The summed E-state index contributed by atoms with van der Waals surface area (Å²) in [5, 5.41) is 0. The van der Waals surface area contributed by atoms with Crippen molar-refractivity contribution in [3.8, 4) is 0 Å². The number of aromatic nitrogens is 2. The molecule has 0 spiro atoms. The summed E-state index contributed by atoms with van der Waals surface area (Å²) in [5.74, 6) is 0. The van der Waals surface area contributed by atoms with Crippen molar-refractivity contribution >= 4 is 0 Å². The number of nitrogens with one attached hydrogen (secondary N) is 1. The number of H-pyrrole nitrogens is 1. The first kappa shape index (κ1) is 11.9. The quantitative estimate of drug-likeness (QED) is 0.677. The van der Waals surface area contributed by atoms with Crippen LogP contribution in [-0.4, -0.2) is 9.97 Å². The molecule has 0 saturated heterocycles. The van der Waals surface area contributed by atoms with E-state index < -0.39 is 0 Å². The van der Waals surface area contributed by atoms with Crippen molar-refractivity contribution in [2.45, 2.75) is 38.8 Å². The SMILES string of the molecule is CCC(N)c1cnc(C(N)CC)c(=O)[nH]1. The lowest BCUT2D eigenvalue weighted by molar-refractivity contribution is 0.634. The normalized spacial score (nSPS) is 14.9. The van der Waals surface area contributed by atoms with Gasteiger partial charge >= 0.3 is 0 Å². The summed E-state index contributed by atoms with van der Waals surface area (Å²) in [6, 6.07) is -0.474. The highest BCUT2D eigenvalue weighted by molar-refractivity contribution is 5.09. The van der Waals surface area contributed by atoms with Crippen LogP contribution in [0.2, 0.25) is 0 Å². The average Bonchev–Trinajstić information content (AvgIpc) is 2.26. The third-order valence-electron chi connectivity index (χ3n) is 2.46. The van der Waals surface area contributed by atoms with Crippen LogP contribution < -0.4 is 17.0 Å². The van der Waals surface area contributed by atoms with E-state index in [0.717, 1.165) is 6.42 Å². The van der Waals surface area contributed by atoms with Gasteiger partial charge in [0.05, 0.1) is 11.7 Å². The number of nitrogens with zero attached hydrogens (tertiary/aromatic N) is 1. The Labute approximate surface area is 88.9 Å².